The number of ether oxygens (including phenoxy) is 1. The lowest BCUT2D eigenvalue weighted by atomic mass is 10.1. The van der Waals surface area contributed by atoms with Crippen molar-refractivity contribution in [3.05, 3.63) is 126 Å². The predicted octanol–water partition coefficient (Wildman–Crippen LogP) is 8.34. The molecule has 1 aromatic heterocycles. The largest absolute Gasteiger partial charge is 0.454 e. The Bertz CT molecular complexity index is 1720. The maximum Gasteiger partial charge on any atom is 0.338 e. The Balaban J connectivity index is 1.30. The number of benzene rings is 5. The lowest BCUT2D eigenvalue weighted by molar-refractivity contribution is 0.0311. The quantitative estimate of drug-likeness (QED) is 0.197. The Morgan fingerprint density at radius 2 is 1.50 bits per heavy atom. The van der Waals surface area contributed by atoms with E-state index < -0.39 is 0 Å². The molecule has 0 N–H and O–H groups in total. The molecule has 1 aliphatic carbocycles. The molecule has 34 heavy (non-hydrogen) atoms. The van der Waals surface area contributed by atoms with E-state index in [-0.39, 0.29) is 22.5 Å². The van der Waals surface area contributed by atoms with Crippen LogP contribution in [0, 0.1) is 0 Å². The van der Waals surface area contributed by atoms with Crippen molar-refractivity contribution in [2.75, 3.05) is 0 Å². The summed E-state index contributed by atoms with van der Waals surface area (Å²) in [6, 6.07) is 37.8. The van der Waals surface area contributed by atoms with Crippen LogP contribution in [0.4, 0.5) is 0 Å². The number of esters is 1. The molecular weight excluding hydrogens is 436 g/mol. The number of hydrogen-bond donors (Lipinski definition) is 0. The van der Waals surface area contributed by atoms with Gasteiger partial charge in [-0.3, -0.25) is 0 Å². The van der Waals surface area contributed by atoms with E-state index in [1.165, 1.54) is 36.0 Å². The molecule has 3 heteroatoms. The van der Waals surface area contributed by atoms with Gasteiger partial charge in [-0.05, 0) is 58.8 Å². The average Bonchev–Trinajstić information content (AvgIpc) is 3.41. The average molecular weight is 458 g/mol. The van der Waals surface area contributed by atoms with E-state index >= 15 is 0 Å². The summed E-state index contributed by atoms with van der Waals surface area (Å²) in [5, 5.41) is 4.78. The van der Waals surface area contributed by atoms with Crippen molar-refractivity contribution in [2.45, 2.75) is 12.5 Å². The Kier molecular flexibility index (Phi) is 4.33. The Labute approximate surface area is 200 Å². The Morgan fingerprint density at radius 3 is 2.38 bits per heavy atom. The molecule has 0 aliphatic heterocycles. The lowest BCUT2D eigenvalue weighted by Gasteiger charge is -2.13. The van der Waals surface area contributed by atoms with Crippen LogP contribution >= 0.6 is 10.5 Å². The van der Waals surface area contributed by atoms with Crippen LogP contribution in [0.1, 0.15) is 27.6 Å². The molecule has 2 nitrogen and oxygen atoms in total. The monoisotopic (exact) mass is 457 g/mol. The van der Waals surface area contributed by atoms with Crippen molar-refractivity contribution in [3.8, 4) is 4.90 Å². The highest BCUT2D eigenvalue weighted by atomic mass is 32.2. The molecule has 6 aromatic rings. The first-order chi connectivity index (χ1) is 16.8. The molecule has 0 spiro atoms. The highest BCUT2D eigenvalue weighted by Gasteiger charge is 2.29. The summed E-state index contributed by atoms with van der Waals surface area (Å²) in [7, 11) is -0.164. The van der Waals surface area contributed by atoms with Gasteiger partial charge in [0.1, 0.15) is 6.10 Å². The minimum absolute atomic E-state index is 0.164. The highest BCUT2D eigenvalue weighted by molar-refractivity contribution is 7.50. The van der Waals surface area contributed by atoms with Gasteiger partial charge in [0.05, 0.1) is 5.56 Å². The van der Waals surface area contributed by atoms with Gasteiger partial charge < -0.3 is 4.74 Å². The van der Waals surface area contributed by atoms with E-state index in [9.17, 15) is 4.79 Å². The maximum atomic E-state index is 13.3. The second-order valence-corrected chi connectivity index (χ2v) is 10.8. The molecule has 0 saturated carbocycles. The SMILES string of the molecule is O=C(OC1Cc2cccc3cccc1c23)c1ccc2c(c1)c1ccccc1[s+]2-c1ccccc1. The van der Waals surface area contributed by atoms with Crippen LogP contribution in [0.2, 0.25) is 0 Å². The van der Waals surface area contributed by atoms with Gasteiger partial charge in [0.25, 0.3) is 0 Å². The third-order valence-corrected chi connectivity index (χ3v) is 9.17. The van der Waals surface area contributed by atoms with Crippen molar-refractivity contribution in [3.63, 3.8) is 0 Å². The molecule has 162 valence electrons. The molecule has 5 aromatic carbocycles. The molecule has 0 fully saturated rings. The fourth-order valence-electron chi connectivity index (χ4n) is 5.34. The molecule has 1 aliphatic rings. The van der Waals surface area contributed by atoms with Gasteiger partial charge in [-0.25, -0.2) is 4.79 Å². The minimum Gasteiger partial charge on any atom is -0.454 e. The number of rotatable bonds is 3. The van der Waals surface area contributed by atoms with Gasteiger partial charge in [-0.15, -0.1) is 0 Å². The number of thiophene rings is 1. The fourth-order valence-corrected chi connectivity index (χ4v) is 7.72. The summed E-state index contributed by atoms with van der Waals surface area (Å²) in [6.07, 6.45) is 0.487. The van der Waals surface area contributed by atoms with Crippen LogP contribution in [0.3, 0.4) is 0 Å². The van der Waals surface area contributed by atoms with Crippen molar-refractivity contribution >= 4 is 47.4 Å². The zero-order chi connectivity index (χ0) is 22.6. The molecular formula is C31H21O2S+. The summed E-state index contributed by atoms with van der Waals surface area (Å²) in [5.41, 5.74) is 2.97. The second-order valence-electron chi connectivity index (χ2n) is 8.79. The summed E-state index contributed by atoms with van der Waals surface area (Å²) in [4.78, 5) is 14.6. The number of carbonyl (C=O) groups is 1. The molecule has 0 saturated heterocycles. The second kappa shape index (κ2) is 7.54. The van der Waals surface area contributed by atoms with Crippen LogP contribution < -0.4 is 0 Å². The summed E-state index contributed by atoms with van der Waals surface area (Å²) in [6.45, 7) is 0. The molecule has 7 rings (SSSR count). The molecule has 0 bridgehead atoms. The van der Waals surface area contributed by atoms with E-state index in [1.807, 2.05) is 18.2 Å². The topological polar surface area (TPSA) is 26.3 Å². The number of fused-ring (bicyclic) bond motifs is 3. The molecule has 1 heterocycles. The first kappa shape index (κ1) is 19.5. The van der Waals surface area contributed by atoms with E-state index in [1.54, 1.807) is 0 Å². The van der Waals surface area contributed by atoms with Crippen LogP contribution in [0.15, 0.2) is 109 Å². The van der Waals surface area contributed by atoms with Crippen LogP contribution in [-0.4, -0.2) is 5.97 Å². The maximum absolute atomic E-state index is 13.3. The van der Waals surface area contributed by atoms with Gasteiger partial charge in [0, 0.05) is 33.2 Å². The molecule has 2 unspecified atom stereocenters. The zero-order valence-corrected chi connectivity index (χ0v) is 19.2. The summed E-state index contributed by atoms with van der Waals surface area (Å²) >= 11 is 0. The molecule has 2 atom stereocenters. The Hall–Kier alpha value is -3.95. The summed E-state index contributed by atoms with van der Waals surface area (Å²) in [5.74, 6) is -0.262. The Morgan fingerprint density at radius 1 is 0.735 bits per heavy atom. The summed E-state index contributed by atoms with van der Waals surface area (Å²) < 4.78 is 8.67. The molecule has 0 radical (unpaired) electrons. The van der Waals surface area contributed by atoms with Crippen LogP contribution in [0.5, 0.6) is 0 Å². The first-order valence-electron chi connectivity index (χ1n) is 11.5. The van der Waals surface area contributed by atoms with Gasteiger partial charge >= 0.3 is 5.97 Å². The van der Waals surface area contributed by atoms with Crippen molar-refractivity contribution < 1.29 is 9.53 Å². The van der Waals surface area contributed by atoms with Crippen LogP contribution in [0.25, 0.3) is 35.8 Å². The first-order valence-corrected chi connectivity index (χ1v) is 12.7. The van der Waals surface area contributed by atoms with Gasteiger partial charge in [0.2, 0.25) is 0 Å². The smallest absolute Gasteiger partial charge is 0.338 e. The van der Waals surface area contributed by atoms with E-state index in [2.05, 4.69) is 91.0 Å². The predicted molar refractivity (Wildman–Crippen MR) is 141 cm³/mol. The molecule has 0 amide bonds. The number of carbonyl (C=O) groups excluding carboxylic acids is 1. The van der Waals surface area contributed by atoms with Gasteiger partial charge in [0.15, 0.2) is 14.3 Å². The van der Waals surface area contributed by atoms with Crippen LogP contribution in [-0.2, 0) is 11.2 Å². The van der Waals surface area contributed by atoms with E-state index in [0.29, 0.717) is 5.56 Å². The normalized spacial score (nSPS) is 15.3. The fraction of sp³-hybridized carbons (Fsp3) is 0.0645. The van der Waals surface area contributed by atoms with E-state index in [4.69, 9.17) is 4.74 Å². The standard InChI is InChI=1S/C31H21O2S/c32-31(33-27-19-21-10-6-8-20-9-7-14-25(27)30(20)21)22-16-17-29-26(18-22)24-13-4-5-15-28(24)34(29)23-11-2-1-3-12-23/h1-18,27H,19H2/q+1. The lowest BCUT2D eigenvalue weighted by Crippen LogP contribution is -2.11. The van der Waals surface area contributed by atoms with Gasteiger partial charge in [-0.1, -0.05) is 66.7 Å². The third kappa shape index (κ3) is 2.91. The van der Waals surface area contributed by atoms with E-state index in [0.717, 1.165) is 17.4 Å². The van der Waals surface area contributed by atoms with Crippen molar-refractivity contribution in [2.24, 2.45) is 0 Å². The number of hydrogen-bond acceptors (Lipinski definition) is 2. The van der Waals surface area contributed by atoms with Gasteiger partial charge in [-0.2, -0.15) is 0 Å². The third-order valence-electron chi connectivity index (χ3n) is 6.84. The minimum atomic E-state index is -0.262. The van der Waals surface area contributed by atoms with Crippen molar-refractivity contribution in [1.29, 1.82) is 0 Å². The highest BCUT2D eigenvalue weighted by Crippen LogP contribution is 2.48. The zero-order valence-electron chi connectivity index (χ0n) is 18.4. The van der Waals surface area contributed by atoms with Crippen molar-refractivity contribution in [1.82, 2.24) is 0 Å².